The summed E-state index contributed by atoms with van der Waals surface area (Å²) in [6, 6.07) is 7.44. The number of rotatable bonds is 4. The van der Waals surface area contributed by atoms with Crippen molar-refractivity contribution in [3.8, 4) is 0 Å². The predicted molar refractivity (Wildman–Crippen MR) is 90.4 cm³/mol. The molecule has 1 N–H and O–H groups in total. The lowest BCUT2D eigenvalue weighted by atomic mass is 10.1. The van der Waals surface area contributed by atoms with Crippen molar-refractivity contribution < 1.29 is 9.18 Å². The van der Waals surface area contributed by atoms with Crippen molar-refractivity contribution in [1.82, 2.24) is 15.3 Å². The molecule has 5 nitrogen and oxygen atoms in total. The summed E-state index contributed by atoms with van der Waals surface area (Å²) in [6.45, 7) is 4.20. The number of carbonyl (C=O) groups excluding carboxylic acids is 1. The molecule has 0 bridgehead atoms. The van der Waals surface area contributed by atoms with Crippen LogP contribution in [0.1, 0.15) is 41.1 Å². The molecule has 1 fully saturated rings. The van der Waals surface area contributed by atoms with Crippen LogP contribution in [0.5, 0.6) is 0 Å². The van der Waals surface area contributed by atoms with Gasteiger partial charge in [-0.2, -0.15) is 0 Å². The third-order valence-corrected chi connectivity index (χ3v) is 4.08. The number of amides is 1. The highest BCUT2D eigenvalue weighted by molar-refractivity contribution is 5.94. The summed E-state index contributed by atoms with van der Waals surface area (Å²) in [5.41, 5.74) is 1.30. The summed E-state index contributed by atoms with van der Waals surface area (Å²) in [6.07, 6.45) is 3.63. The van der Waals surface area contributed by atoms with Crippen molar-refractivity contribution in [3.63, 3.8) is 0 Å². The highest BCUT2D eigenvalue weighted by atomic mass is 19.1. The van der Waals surface area contributed by atoms with E-state index in [2.05, 4.69) is 20.2 Å². The normalized spacial score (nSPS) is 14.5. The second kappa shape index (κ2) is 7.38. The molecule has 3 rings (SSSR count). The Bertz CT molecular complexity index is 711. The van der Waals surface area contributed by atoms with E-state index in [0.29, 0.717) is 11.4 Å². The van der Waals surface area contributed by atoms with E-state index in [1.54, 1.807) is 0 Å². The first kappa shape index (κ1) is 16.4. The Morgan fingerprint density at radius 2 is 1.88 bits per heavy atom. The van der Waals surface area contributed by atoms with Crippen LogP contribution >= 0.6 is 0 Å². The van der Waals surface area contributed by atoms with E-state index in [4.69, 9.17) is 0 Å². The van der Waals surface area contributed by atoms with Crippen LogP contribution in [0.3, 0.4) is 0 Å². The number of benzene rings is 1. The summed E-state index contributed by atoms with van der Waals surface area (Å²) < 4.78 is 12.9. The number of halogens is 1. The molecule has 0 unspecified atom stereocenters. The van der Waals surface area contributed by atoms with E-state index >= 15 is 0 Å². The molecule has 1 saturated heterocycles. The minimum atomic E-state index is -0.361. The Hall–Kier alpha value is -2.50. The fourth-order valence-corrected chi connectivity index (χ4v) is 2.84. The van der Waals surface area contributed by atoms with Crippen LogP contribution in [0.4, 0.5) is 10.2 Å². The first-order chi connectivity index (χ1) is 11.6. The first-order valence-electron chi connectivity index (χ1n) is 8.25. The van der Waals surface area contributed by atoms with E-state index in [1.165, 1.54) is 43.5 Å². The molecule has 2 aromatic rings. The molecular weight excluding hydrogens is 307 g/mol. The fourth-order valence-electron chi connectivity index (χ4n) is 2.84. The van der Waals surface area contributed by atoms with Crippen molar-refractivity contribution in [1.29, 1.82) is 0 Å². The van der Waals surface area contributed by atoms with Crippen LogP contribution in [0.15, 0.2) is 30.3 Å². The van der Waals surface area contributed by atoms with Gasteiger partial charge in [-0.15, -0.1) is 0 Å². The van der Waals surface area contributed by atoms with Gasteiger partial charge >= 0.3 is 0 Å². The van der Waals surface area contributed by atoms with Gasteiger partial charge in [0.1, 0.15) is 17.5 Å². The number of nitrogens with one attached hydrogen (secondary N) is 1. The van der Waals surface area contributed by atoms with Gasteiger partial charge in [0.05, 0.1) is 6.54 Å². The van der Waals surface area contributed by atoms with Gasteiger partial charge in [-0.3, -0.25) is 4.79 Å². The third kappa shape index (κ3) is 4.07. The number of hydrogen-bond acceptors (Lipinski definition) is 4. The monoisotopic (exact) mass is 328 g/mol. The molecule has 0 radical (unpaired) electrons. The van der Waals surface area contributed by atoms with Crippen molar-refractivity contribution >= 4 is 11.7 Å². The number of hydrogen-bond donors (Lipinski definition) is 1. The van der Waals surface area contributed by atoms with Gasteiger partial charge in [0.15, 0.2) is 0 Å². The topological polar surface area (TPSA) is 58.1 Å². The van der Waals surface area contributed by atoms with Crippen LogP contribution in [0, 0.1) is 12.7 Å². The standard InChI is InChI=1S/C18H21FN4O/c1-13-11-17(23-9-3-2-4-10-23)22-16(21-13)12-20-18(24)14-5-7-15(19)8-6-14/h5-8,11H,2-4,9-10,12H2,1H3,(H,20,24). The SMILES string of the molecule is Cc1cc(N2CCCCC2)nc(CNC(=O)c2ccc(F)cc2)n1. The third-order valence-electron chi connectivity index (χ3n) is 4.08. The number of carbonyl (C=O) groups is 1. The maximum absolute atomic E-state index is 12.9. The molecule has 0 aliphatic carbocycles. The van der Waals surface area contributed by atoms with Gasteiger partial charge in [0.25, 0.3) is 5.91 Å². The van der Waals surface area contributed by atoms with Crippen LogP contribution in [0.25, 0.3) is 0 Å². The quantitative estimate of drug-likeness (QED) is 0.937. The minimum Gasteiger partial charge on any atom is -0.357 e. The van der Waals surface area contributed by atoms with Gasteiger partial charge < -0.3 is 10.2 Å². The predicted octanol–water partition coefficient (Wildman–Crippen LogP) is 2.84. The molecule has 2 heterocycles. The number of nitrogens with zero attached hydrogens (tertiary/aromatic N) is 3. The molecule has 1 aliphatic heterocycles. The zero-order chi connectivity index (χ0) is 16.9. The summed E-state index contributed by atoms with van der Waals surface area (Å²) in [5.74, 6) is 0.888. The van der Waals surface area contributed by atoms with Gasteiger partial charge in [-0.05, 0) is 50.5 Å². The lowest BCUT2D eigenvalue weighted by Crippen LogP contribution is -2.31. The lowest BCUT2D eigenvalue weighted by molar-refractivity contribution is 0.0950. The van der Waals surface area contributed by atoms with Gasteiger partial charge in [-0.1, -0.05) is 0 Å². The maximum Gasteiger partial charge on any atom is 0.251 e. The molecule has 1 aromatic heterocycles. The van der Waals surface area contributed by atoms with Gasteiger partial charge in [0, 0.05) is 30.4 Å². The molecule has 0 spiro atoms. The van der Waals surface area contributed by atoms with Crippen LogP contribution < -0.4 is 10.2 Å². The van der Waals surface area contributed by atoms with E-state index in [9.17, 15) is 9.18 Å². The van der Waals surface area contributed by atoms with Crippen molar-refractivity contribution in [2.45, 2.75) is 32.7 Å². The Balaban J connectivity index is 1.67. The average Bonchev–Trinajstić information content (AvgIpc) is 2.60. The molecule has 126 valence electrons. The fraction of sp³-hybridized carbons (Fsp3) is 0.389. The van der Waals surface area contributed by atoms with Crippen LogP contribution in [-0.2, 0) is 6.54 Å². The lowest BCUT2D eigenvalue weighted by Gasteiger charge is -2.28. The Labute approximate surface area is 140 Å². The zero-order valence-electron chi connectivity index (χ0n) is 13.8. The van der Waals surface area contributed by atoms with Crippen molar-refractivity contribution in [3.05, 3.63) is 53.2 Å². The highest BCUT2D eigenvalue weighted by Gasteiger charge is 2.14. The second-order valence-corrected chi connectivity index (χ2v) is 6.02. The Morgan fingerprint density at radius 1 is 1.17 bits per heavy atom. The summed E-state index contributed by atoms with van der Waals surface area (Å²) in [5, 5.41) is 2.79. The van der Waals surface area contributed by atoms with Crippen molar-refractivity contribution in [2.24, 2.45) is 0 Å². The zero-order valence-corrected chi connectivity index (χ0v) is 13.8. The second-order valence-electron chi connectivity index (χ2n) is 6.02. The van der Waals surface area contributed by atoms with E-state index in [-0.39, 0.29) is 18.3 Å². The smallest absolute Gasteiger partial charge is 0.251 e. The van der Waals surface area contributed by atoms with Gasteiger partial charge in [-0.25, -0.2) is 14.4 Å². The molecule has 1 amide bonds. The first-order valence-corrected chi connectivity index (χ1v) is 8.25. The largest absolute Gasteiger partial charge is 0.357 e. The maximum atomic E-state index is 12.9. The van der Waals surface area contributed by atoms with E-state index < -0.39 is 0 Å². The highest BCUT2D eigenvalue weighted by Crippen LogP contribution is 2.18. The molecule has 24 heavy (non-hydrogen) atoms. The Kier molecular flexibility index (Phi) is 5.03. The Morgan fingerprint density at radius 3 is 2.58 bits per heavy atom. The molecule has 0 atom stereocenters. The number of piperidine rings is 1. The molecule has 1 aromatic carbocycles. The van der Waals surface area contributed by atoms with E-state index in [0.717, 1.165) is 24.6 Å². The van der Waals surface area contributed by atoms with E-state index in [1.807, 2.05) is 13.0 Å². The van der Waals surface area contributed by atoms with Crippen LogP contribution in [0.2, 0.25) is 0 Å². The molecule has 6 heteroatoms. The minimum absolute atomic E-state index is 0.249. The van der Waals surface area contributed by atoms with Crippen molar-refractivity contribution in [2.75, 3.05) is 18.0 Å². The molecule has 1 aliphatic rings. The van der Waals surface area contributed by atoms with Gasteiger partial charge in [0.2, 0.25) is 0 Å². The molecule has 0 saturated carbocycles. The number of aromatic nitrogens is 2. The summed E-state index contributed by atoms with van der Waals surface area (Å²) >= 11 is 0. The molecular formula is C18H21FN4O. The average molecular weight is 328 g/mol. The van der Waals surface area contributed by atoms with Crippen LogP contribution in [-0.4, -0.2) is 29.0 Å². The summed E-state index contributed by atoms with van der Waals surface area (Å²) in [7, 11) is 0. The number of aryl methyl sites for hydroxylation is 1. The number of anilines is 1. The summed E-state index contributed by atoms with van der Waals surface area (Å²) in [4.78, 5) is 23.3.